The zero-order valence-corrected chi connectivity index (χ0v) is 17.7. The summed E-state index contributed by atoms with van der Waals surface area (Å²) in [5.41, 5.74) is 5.41. The van der Waals surface area contributed by atoms with E-state index in [1.807, 2.05) is 27.7 Å². The van der Waals surface area contributed by atoms with E-state index in [4.69, 9.17) is 23.2 Å². The second kappa shape index (κ2) is 7.88. The second-order valence-corrected chi connectivity index (χ2v) is 8.26. The number of benzene rings is 2. The lowest BCUT2D eigenvalue weighted by molar-refractivity contribution is 0.231. The van der Waals surface area contributed by atoms with Crippen LogP contribution >= 0.6 is 23.2 Å². The zero-order valence-electron chi connectivity index (χ0n) is 16.2. The second-order valence-electron chi connectivity index (χ2n) is 7.51. The third-order valence-corrected chi connectivity index (χ3v) is 6.64. The van der Waals surface area contributed by atoms with E-state index in [0.29, 0.717) is 34.6 Å². The number of halogens is 2. The molecule has 3 rings (SSSR count). The standard InChI is InChI=1S/C21H26Cl2N2O2/c1-12-7-18(26)16(14(3)20(12)22)9-24-5-6-25(11-24)10-17-15(4)21(23)13(2)8-19(17)27/h7-8,26-27H,5-6,9-11H2,1-4H3. The lowest BCUT2D eigenvalue weighted by Gasteiger charge is -2.22. The van der Waals surface area contributed by atoms with Gasteiger partial charge in [-0.25, -0.2) is 0 Å². The normalized spacial score (nSPS) is 15.6. The van der Waals surface area contributed by atoms with Crippen LogP contribution in [0.25, 0.3) is 0 Å². The molecule has 0 amide bonds. The first-order chi connectivity index (χ1) is 12.7. The summed E-state index contributed by atoms with van der Waals surface area (Å²) >= 11 is 12.7. The summed E-state index contributed by atoms with van der Waals surface area (Å²) in [5, 5.41) is 22.1. The minimum Gasteiger partial charge on any atom is -0.508 e. The van der Waals surface area contributed by atoms with Crippen LogP contribution in [-0.2, 0) is 13.1 Å². The Kier molecular flexibility index (Phi) is 5.92. The molecule has 1 aliphatic heterocycles. The van der Waals surface area contributed by atoms with Crippen LogP contribution in [0.4, 0.5) is 0 Å². The van der Waals surface area contributed by atoms with Crippen LogP contribution in [0.2, 0.25) is 10.0 Å². The van der Waals surface area contributed by atoms with E-state index in [-0.39, 0.29) is 0 Å². The molecule has 2 N–H and O–H groups in total. The van der Waals surface area contributed by atoms with Gasteiger partial charge in [-0.3, -0.25) is 9.80 Å². The average molecular weight is 409 g/mol. The minimum absolute atomic E-state index is 0.298. The van der Waals surface area contributed by atoms with Crippen molar-refractivity contribution in [1.82, 2.24) is 9.80 Å². The van der Waals surface area contributed by atoms with E-state index < -0.39 is 0 Å². The smallest absolute Gasteiger partial charge is 0.120 e. The zero-order chi connectivity index (χ0) is 19.9. The molecule has 2 aromatic carbocycles. The molecule has 0 bridgehead atoms. The Morgan fingerprint density at radius 2 is 1.15 bits per heavy atom. The fourth-order valence-electron chi connectivity index (χ4n) is 3.76. The summed E-state index contributed by atoms with van der Waals surface area (Å²) in [4.78, 5) is 4.55. The van der Waals surface area contributed by atoms with Crippen LogP contribution in [-0.4, -0.2) is 39.8 Å². The van der Waals surface area contributed by atoms with Gasteiger partial charge in [0.2, 0.25) is 0 Å². The molecule has 4 nitrogen and oxygen atoms in total. The Morgan fingerprint density at radius 1 is 0.778 bits per heavy atom. The van der Waals surface area contributed by atoms with E-state index in [0.717, 1.165) is 53.1 Å². The molecule has 146 valence electrons. The Hall–Kier alpha value is -1.46. The van der Waals surface area contributed by atoms with Gasteiger partial charge in [0.1, 0.15) is 11.5 Å². The average Bonchev–Trinajstić information content (AvgIpc) is 3.06. The van der Waals surface area contributed by atoms with Crippen LogP contribution < -0.4 is 0 Å². The van der Waals surface area contributed by atoms with Crippen molar-refractivity contribution in [2.75, 3.05) is 19.8 Å². The molecule has 0 radical (unpaired) electrons. The Bertz CT molecular complexity index is 812. The van der Waals surface area contributed by atoms with Crippen molar-refractivity contribution in [3.05, 3.63) is 55.6 Å². The van der Waals surface area contributed by atoms with E-state index in [1.54, 1.807) is 12.1 Å². The molecule has 1 saturated heterocycles. The maximum Gasteiger partial charge on any atom is 0.120 e. The first kappa shape index (κ1) is 20.3. The van der Waals surface area contributed by atoms with Gasteiger partial charge in [0, 0.05) is 47.4 Å². The molecule has 0 aliphatic carbocycles. The predicted molar refractivity (Wildman–Crippen MR) is 111 cm³/mol. The fourth-order valence-corrected chi connectivity index (χ4v) is 4.10. The highest BCUT2D eigenvalue weighted by Gasteiger charge is 2.24. The summed E-state index contributed by atoms with van der Waals surface area (Å²) in [5.74, 6) is 0.596. The molecular formula is C21H26Cl2N2O2. The summed E-state index contributed by atoms with van der Waals surface area (Å²) < 4.78 is 0. The summed E-state index contributed by atoms with van der Waals surface area (Å²) in [6, 6.07) is 3.46. The van der Waals surface area contributed by atoms with Crippen molar-refractivity contribution in [2.45, 2.75) is 40.8 Å². The highest BCUT2D eigenvalue weighted by atomic mass is 35.5. The molecular weight excluding hydrogens is 383 g/mol. The van der Waals surface area contributed by atoms with Gasteiger partial charge in [-0.15, -0.1) is 0 Å². The van der Waals surface area contributed by atoms with Gasteiger partial charge in [-0.05, 0) is 62.1 Å². The van der Waals surface area contributed by atoms with E-state index in [9.17, 15) is 10.2 Å². The molecule has 0 unspecified atom stereocenters. The van der Waals surface area contributed by atoms with Crippen molar-refractivity contribution >= 4 is 23.2 Å². The highest BCUT2D eigenvalue weighted by molar-refractivity contribution is 6.32. The molecule has 2 aromatic rings. The molecule has 0 spiro atoms. The summed E-state index contributed by atoms with van der Waals surface area (Å²) in [7, 11) is 0. The number of phenolic OH excluding ortho intramolecular Hbond substituents is 2. The number of hydrogen-bond donors (Lipinski definition) is 2. The molecule has 0 saturated carbocycles. The molecule has 0 aromatic heterocycles. The van der Waals surface area contributed by atoms with Crippen LogP contribution in [0.15, 0.2) is 12.1 Å². The number of aromatic hydroxyl groups is 2. The molecule has 1 fully saturated rings. The lowest BCUT2D eigenvalue weighted by atomic mass is 10.0. The molecule has 0 atom stereocenters. The van der Waals surface area contributed by atoms with Gasteiger partial charge in [-0.2, -0.15) is 0 Å². The van der Waals surface area contributed by atoms with Crippen molar-refractivity contribution in [2.24, 2.45) is 0 Å². The maximum atomic E-state index is 10.3. The third-order valence-electron chi connectivity index (χ3n) is 5.48. The van der Waals surface area contributed by atoms with Gasteiger partial charge in [0.05, 0.1) is 6.67 Å². The SMILES string of the molecule is Cc1cc(O)c(CN2CCN(Cc3c(O)cc(C)c(Cl)c3C)C2)c(C)c1Cl. The monoisotopic (exact) mass is 408 g/mol. The van der Waals surface area contributed by atoms with E-state index in [2.05, 4.69) is 9.80 Å². The summed E-state index contributed by atoms with van der Waals surface area (Å²) in [6.07, 6.45) is 0. The first-order valence-electron chi connectivity index (χ1n) is 9.08. The van der Waals surface area contributed by atoms with E-state index >= 15 is 0 Å². The van der Waals surface area contributed by atoms with Crippen LogP contribution in [0.5, 0.6) is 11.5 Å². The van der Waals surface area contributed by atoms with Crippen LogP contribution in [0.3, 0.4) is 0 Å². The number of hydrogen-bond acceptors (Lipinski definition) is 4. The molecule has 6 heteroatoms. The number of nitrogens with zero attached hydrogens (tertiary/aromatic N) is 2. The van der Waals surface area contributed by atoms with Crippen molar-refractivity contribution < 1.29 is 10.2 Å². The highest BCUT2D eigenvalue weighted by Crippen LogP contribution is 2.34. The van der Waals surface area contributed by atoms with Crippen molar-refractivity contribution in [3.8, 4) is 11.5 Å². The van der Waals surface area contributed by atoms with Gasteiger partial charge in [0.15, 0.2) is 0 Å². The number of phenols is 2. The quantitative estimate of drug-likeness (QED) is 0.753. The molecule has 1 heterocycles. The molecule has 1 aliphatic rings. The number of rotatable bonds is 4. The van der Waals surface area contributed by atoms with E-state index in [1.165, 1.54) is 0 Å². The topological polar surface area (TPSA) is 46.9 Å². The predicted octanol–water partition coefficient (Wildman–Crippen LogP) is 4.91. The number of aryl methyl sites for hydroxylation is 2. The molecule has 27 heavy (non-hydrogen) atoms. The van der Waals surface area contributed by atoms with Crippen molar-refractivity contribution in [3.63, 3.8) is 0 Å². The maximum absolute atomic E-state index is 10.3. The van der Waals surface area contributed by atoms with Gasteiger partial charge >= 0.3 is 0 Å². The minimum atomic E-state index is 0.298. The Morgan fingerprint density at radius 3 is 1.52 bits per heavy atom. The first-order valence-corrected chi connectivity index (χ1v) is 9.84. The third kappa shape index (κ3) is 4.04. The van der Waals surface area contributed by atoms with Crippen LogP contribution in [0, 0.1) is 27.7 Å². The van der Waals surface area contributed by atoms with Gasteiger partial charge < -0.3 is 10.2 Å². The Balaban J connectivity index is 1.72. The fraction of sp³-hybridized carbons (Fsp3) is 0.429. The van der Waals surface area contributed by atoms with Crippen molar-refractivity contribution in [1.29, 1.82) is 0 Å². The lowest BCUT2D eigenvalue weighted by Crippen LogP contribution is -2.25. The van der Waals surface area contributed by atoms with Gasteiger partial charge in [-0.1, -0.05) is 23.2 Å². The van der Waals surface area contributed by atoms with Gasteiger partial charge in [0.25, 0.3) is 0 Å². The largest absolute Gasteiger partial charge is 0.508 e. The summed E-state index contributed by atoms with van der Waals surface area (Å²) in [6.45, 7) is 11.5. The Labute approximate surface area is 170 Å². The van der Waals surface area contributed by atoms with Crippen LogP contribution in [0.1, 0.15) is 33.4 Å².